The number of amides is 1. The van der Waals surface area contributed by atoms with Crippen LogP contribution in [0.1, 0.15) is 20.8 Å². The first-order valence-corrected chi connectivity index (χ1v) is 8.09. The summed E-state index contributed by atoms with van der Waals surface area (Å²) in [6.07, 6.45) is 0. The average molecular weight is 332 g/mol. The highest BCUT2D eigenvalue weighted by Gasteiger charge is 2.13. The second kappa shape index (κ2) is 7.78. The Morgan fingerprint density at radius 2 is 1.87 bits per heavy atom. The van der Waals surface area contributed by atoms with Crippen LogP contribution in [0.3, 0.4) is 0 Å². The van der Waals surface area contributed by atoms with Crippen molar-refractivity contribution in [3.8, 4) is 0 Å². The van der Waals surface area contributed by atoms with Crippen LogP contribution >= 0.6 is 11.3 Å². The molecular formula is C17H20N2O3S. The van der Waals surface area contributed by atoms with Crippen LogP contribution in [0.15, 0.2) is 35.7 Å². The van der Waals surface area contributed by atoms with E-state index in [1.807, 2.05) is 61.6 Å². The van der Waals surface area contributed by atoms with Crippen LogP contribution in [0.2, 0.25) is 0 Å². The van der Waals surface area contributed by atoms with E-state index in [9.17, 15) is 9.59 Å². The van der Waals surface area contributed by atoms with E-state index in [4.69, 9.17) is 4.74 Å². The number of carbonyl (C=O) groups excluding carboxylic acids is 2. The SMILES string of the molecule is Cc1ccsc1C(=O)OCC(=O)NCc1ccc(N(C)C)cc1. The maximum atomic E-state index is 11.8. The van der Waals surface area contributed by atoms with Crippen LogP contribution in [-0.4, -0.2) is 32.6 Å². The number of rotatable bonds is 6. The summed E-state index contributed by atoms with van der Waals surface area (Å²) in [5.41, 5.74) is 2.95. The molecule has 0 saturated carbocycles. The Balaban J connectivity index is 1.77. The predicted molar refractivity (Wildman–Crippen MR) is 92.0 cm³/mol. The van der Waals surface area contributed by atoms with Crippen LogP contribution in [0.4, 0.5) is 5.69 Å². The molecule has 122 valence electrons. The topological polar surface area (TPSA) is 58.6 Å². The summed E-state index contributed by atoms with van der Waals surface area (Å²) in [7, 11) is 3.95. The molecule has 2 rings (SSSR count). The zero-order valence-electron chi connectivity index (χ0n) is 13.5. The zero-order valence-corrected chi connectivity index (χ0v) is 14.3. The van der Waals surface area contributed by atoms with E-state index in [0.29, 0.717) is 11.4 Å². The Morgan fingerprint density at radius 1 is 1.17 bits per heavy atom. The van der Waals surface area contributed by atoms with E-state index in [1.54, 1.807) is 0 Å². The van der Waals surface area contributed by atoms with Crippen molar-refractivity contribution in [1.29, 1.82) is 0 Å². The van der Waals surface area contributed by atoms with Gasteiger partial charge in [-0.1, -0.05) is 12.1 Å². The Hall–Kier alpha value is -2.34. The quantitative estimate of drug-likeness (QED) is 0.826. The van der Waals surface area contributed by atoms with Gasteiger partial charge in [0, 0.05) is 26.3 Å². The minimum Gasteiger partial charge on any atom is -0.451 e. The highest BCUT2D eigenvalue weighted by molar-refractivity contribution is 7.12. The normalized spacial score (nSPS) is 10.2. The highest BCUT2D eigenvalue weighted by atomic mass is 32.1. The Bertz CT molecular complexity index is 677. The van der Waals surface area contributed by atoms with Gasteiger partial charge in [0.1, 0.15) is 4.88 Å². The first-order valence-electron chi connectivity index (χ1n) is 7.21. The second-order valence-electron chi connectivity index (χ2n) is 5.35. The molecule has 6 heteroatoms. The monoisotopic (exact) mass is 332 g/mol. The van der Waals surface area contributed by atoms with Crippen LogP contribution in [0.5, 0.6) is 0 Å². The molecule has 1 heterocycles. The van der Waals surface area contributed by atoms with Crippen molar-refractivity contribution in [3.63, 3.8) is 0 Å². The van der Waals surface area contributed by atoms with Crippen LogP contribution in [0, 0.1) is 6.92 Å². The molecule has 0 aliphatic rings. The summed E-state index contributed by atoms with van der Waals surface area (Å²) in [5, 5.41) is 4.56. The van der Waals surface area contributed by atoms with E-state index < -0.39 is 5.97 Å². The maximum absolute atomic E-state index is 11.8. The number of anilines is 1. The molecule has 1 aromatic heterocycles. The second-order valence-corrected chi connectivity index (χ2v) is 6.26. The van der Waals surface area contributed by atoms with E-state index in [1.165, 1.54) is 11.3 Å². The molecular weight excluding hydrogens is 312 g/mol. The Labute approximate surface area is 139 Å². The van der Waals surface area contributed by atoms with E-state index in [-0.39, 0.29) is 12.5 Å². The molecule has 23 heavy (non-hydrogen) atoms. The number of nitrogens with zero attached hydrogens (tertiary/aromatic N) is 1. The fourth-order valence-corrected chi connectivity index (χ4v) is 2.76. The number of thiophene rings is 1. The predicted octanol–water partition coefficient (Wildman–Crippen LogP) is 2.60. The van der Waals surface area contributed by atoms with Gasteiger partial charge in [0.2, 0.25) is 0 Å². The van der Waals surface area contributed by atoms with Gasteiger partial charge in [-0.05, 0) is 41.6 Å². The van der Waals surface area contributed by atoms with Crippen molar-refractivity contribution in [2.45, 2.75) is 13.5 Å². The molecule has 1 aromatic carbocycles. The van der Waals surface area contributed by atoms with Crippen molar-refractivity contribution in [1.82, 2.24) is 5.32 Å². The molecule has 0 saturated heterocycles. The number of esters is 1. The van der Waals surface area contributed by atoms with Crippen molar-refractivity contribution < 1.29 is 14.3 Å². The fourth-order valence-electron chi connectivity index (χ4n) is 1.94. The minimum atomic E-state index is -0.456. The molecule has 1 N–H and O–H groups in total. The standard InChI is InChI=1S/C17H20N2O3S/c1-12-8-9-23-16(12)17(21)22-11-15(20)18-10-13-4-6-14(7-5-13)19(2)3/h4-9H,10-11H2,1-3H3,(H,18,20). The Kier molecular flexibility index (Phi) is 5.76. The zero-order chi connectivity index (χ0) is 16.8. The van der Waals surface area contributed by atoms with E-state index in [2.05, 4.69) is 5.32 Å². The first kappa shape index (κ1) is 17.0. The number of hydrogen-bond donors (Lipinski definition) is 1. The summed E-state index contributed by atoms with van der Waals surface area (Å²) in [5.74, 6) is -0.771. The lowest BCUT2D eigenvalue weighted by atomic mass is 10.2. The lowest BCUT2D eigenvalue weighted by molar-refractivity contribution is -0.124. The Morgan fingerprint density at radius 3 is 2.43 bits per heavy atom. The lowest BCUT2D eigenvalue weighted by Gasteiger charge is -2.13. The van der Waals surface area contributed by atoms with Crippen molar-refractivity contribution in [2.24, 2.45) is 0 Å². The number of carbonyl (C=O) groups is 2. The van der Waals surface area contributed by atoms with Gasteiger partial charge in [0.25, 0.3) is 5.91 Å². The molecule has 0 spiro atoms. The molecule has 5 nitrogen and oxygen atoms in total. The van der Waals surface area contributed by atoms with Gasteiger partial charge >= 0.3 is 5.97 Å². The highest BCUT2D eigenvalue weighted by Crippen LogP contribution is 2.16. The largest absolute Gasteiger partial charge is 0.451 e. The number of nitrogens with one attached hydrogen (secondary N) is 1. The van der Waals surface area contributed by atoms with Gasteiger partial charge in [0.05, 0.1) is 0 Å². The number of hydrogen-bond acceptors (Lipinski definition) is 5. The third kappa shape index (κ3) is 4.82. The van der Waals surface area contributed by atoms with E-state index in [0.717, 1.165) is 16.8 Å². The number of benzene rings is 1. The van der Waals surface area contributed by atoms with Gasteiger partial charge in [-0.3, -0.25) is 4.79 Å². The molecule has 0 unspecified atom stereocenters. The molecule has 0 fully saturated rings. The maximum Gasteiger partial charge on any atom is 0.349 e. The third-order valence-corrected chi connectivity index (χ3v) is 4.32. The average Bonchev–Trinajstić information content (AvgIpc) is 2.97. The third-order valence-electron chi connectivity index (χ3n) is 3.32. The van der Waals surface area contributed by atoms with Gasteiger partial charge < -0.3 is 15.0 Å². The van der Waals surface area contributed by atoms with E-state index >= 15 is 0 Å². The molecule has 0 aliphatic heterocycles. The van der Waals surface area contributed by atoms with Crippen molar-refractivity contribution in [3.05, 3.63) is 51.7 Å². The molecule has 2 aromatic rings. The number of ether oxygens (including phenoxy) is 1. The smallest absolute Gasteiger partial charge is 0.349 e. The molecule has 1 amide bonds. The molecule has 0 atom stereocenters. The van der Waals surface area contributed by atoms with Crippen LogP contribution in [-0.2, 0) is 16.1 Å². The van der Waals surface area contributed by atoms with Crippen LogP contribution < -0.4 is 10.2 Å². The van der Waals surface area contributed by atoms with Gasteiger partial charge in [-0.15, -0.1) is 11.3 Å². The van der Waals surface area contributed by atoms with Gasteiger partial charge in [0.15, 0.2) is 6.61 Å². The molecule has 0 aliphatic carbocycles. The molecule has 0 radical (unpaired) electrons. The van der Waals surface area contributed by atoms with Crippen LogP contribution in [0.25, 0.3) is 0 Å². The summed E-state index contributed by atoms with van der Waals surface area (Å²) in [6.45, 7) is 1.97. The summed E-state index contributed by atoms with van der Waals surface area (Å²) >= 11 is 1.31. The van der Waals surface area contributed by atoms with Gasteiger partial charge in [-0.2, -0.15) is 0 Å². The summed E-state index contributed by atoms with van der Waals surface area (Å²) < 4.78 is 5.02. The van der Waals surface area contributed by atoms with Crippen molar-refractivity contribution >= 4 is 28.9 Å². The fraction of sp³-hybridized carbons (Fsp3) is 0.294. The van der Waals surface area contributed by atoms with Crippen molar-refractivity contribution in [2.75, 3.05) is 25.6 Å². The number of aryl methyl sites for hydroxylation is 1. The minimum absolute atomic E-state index is 0.272. The van der Waals surface area contributed by atoms with Gasteiger partial charge in [-0.25, -0.2) is 4.79 Å². The summed E-state index contributed by atoms with van der Waals surface area (Å²) in [6, 6.07) is 9.73. The first-order chi connectivity index (χ1) is 11.0. The summed E-state index contributed by atoms with van der Waals surface area (Å²) in [4.78, 5) is 26.1. The molecule has 0 bridgehead atoms. The lowest BCUT2D eigenvalue weighted by Crippen LogP contribution is -2.28.